The van der Waals surface area contributed by atoms with Crippen molar-refractivity contribution < 1.29 is 13.2 Å². The Labute approximate surface area is 167 Å². The molecule has 0 spiro atoms. The number of sulfonamides is 1. The molecule has 0 aliphatic rings. The maximum Gasteiger partial charge on any atom is 0.262 e. The highest BCUT2D eigenvalue weighted by atomic mass is 35.5. The Morgan fingerprint density at radius 3 is 2.46 bits per heavy atom. The van der Waals surface area contributed by atoms with Crippen LogP contribution in [-0.4, -0.2) is 14.3 Å². The lowest BCUT2D eigenvalue weighted by Crippen LogP contribution is -2.15. The number of rotatable bonds is 5. The monoisotopic (exact) mass is 411 g/mol. The van der Waals surface area contributed by atoms with Crippen molar-refractivity contribution in [3.05, 3.63) is 88.9 Å². The van der Waals surface area contributed by atoms with Crippen molar-refractivity contribution in [3.63, 3.8) is 0 Å². The molecule has 2 N–H and O–H groups in total. The summed E-state index contributed by atoms with van der Waals surface area (Å²) in [5, 5.41) is 11.8. The molecule has 6 nitrogen and oxygen atoms in total. The number of nitrogens with one attached hydrogen (secondary N) is 2. The lowest BCUT2D eigenvalue weighted by molar-refractivity contribution is 0.102. The third kappa shape index (κ3) is 4.49. The first-order valence-corrected chi connectivity index (χ1v) is 9.94. The maximum atomic E-state index is 12.6. The fourth-order valence-electron chi connectivity index (χ4n) is 2.42. The topological polar surface area (TPSA) is 99.1 Å². The predicted molar refractivity (Wildman–Crippen MR) is 108 cm³/mol. The van der Waals surface area contributed by atoms with Gasteiger partial charge in [0.05, 0.1) is 27.2 Å². The zero-order valence-corrected chi connectivity index (χ0v) is 16.0. The molecule has 140 valence electrons. The third-order valence-corrected chi connectivity index (χ3v) is 5.47. The van der Waals surface area contributed by atoms with Crippen molar-refractivity contribution in [3.8, 4) is 6.07 Å². The van der Waals surface area contributed by atoms with Gasteiger partial charge in [-0.15, -0.1) is 0 Å². The molecular formula is C20H14ClN3O3S. The number of amides is 1. The summed E-state index contributed by atoms with van der Waals surface area (Å²) >= 11 is 6.00. The number of nitrogens with zero attached hydrogens (tertiary/aromatic N) is 1. The van der Waals surface area contributed by atoms with Gasteiger partial charge in [-0.2, -0.15) is 5.26 Å². The van der Waals surface area contributed by atoms with Gasteiger partial charge in [0.25, 0.3) is 15.9 Å². The van der Waals surface area contributed by atoms with Gasteiger partial charge in [-0.25, -0.2) is 8.42 Å². The molecule has 0 saturated carbocycles. The second-order valence-electron chi connectivity index (χ2n) is 5.76. The van der Waals surface area contributed by atoms with Crippen LogP contribution >= 0.6 is 11.6 Å². The van der Waals surface area contributed by atoms with Gasteiger partial charge in [0, 0.05) is 11.3 Å². The van der Waals surface area contributed by atoms with E-state index < -0.39 is 15.9 Å². The molecule has 0 unspecified atom stereocenters. The van der Waals surface area contributed by atoms with Crippen LogP contribution in [0.3, 0.4) is 0 Å². The van der Waals surface area contributed by atoms with E-state index >= 15 is 0 Å². The molecule has 3 rings (SSSR count). The van der Waals surface area contributed by atoms with E-state index in [9.17, 15) is 13.2 Å². The van der Waals surface area contributed by atoms with Crippen LogP contribution < -0.4 is 10.0 Å². The second-order valence-corrected chi connectivity index (χ2v) is 7.85. The number of anilines is 2. The van der Waals surface area contributed by atoms with Crippen molar-refractivity contribution >= 4 is 38.9 Å². The van der Waals surface area contributed by atoms with Crippen LogP contribution in [0.4, 0.5) is 11.4 Å². The Kier molecular flexibility index (Phi) is 5.64. The average Bonchev–Trinajstić information content (AvgIpc) is 2.70. The molecule has 0 aliphatic heterocycles. The quantitative estimate of drug-likeness (QED) is 0.655. The number of halogens is 1. The Morgan fingerprint density at radius 1 is 0.964 bits per heavy atom. The van der Waals surface area contributed by atoms with Crippen molar-refractivity contribution in [1.29, 1.82) is 5.26 Å². The summed E-state index contributed by atoms with van der Waals surface area (Å²) in [6.07, 6.45) is 0. The average molecular weight is 412 g/mol. The van der Waals surface area contributed by atoms with Crippen molar-refractivity contribution in [2.45, 2.75) is 4.90 Å². The first kappa shape index (κ1) is 19.4. The molecule has 8 heteroatoms. The van der Waals surface area contributed by atoms with Gasteiger partial charge in [-0.05, 0) is 48.5 Å². The fraction of sp³-hybridized carbons (Fsp3) is 0. The lowest BCUT2D eigenvalue weighted by Gasteiger charge is -2.11. The Balaban J connectivity index is 1.83. The van der Waals surface area contributed by atoms with Crippen molar-refractivity contribution in [2.75, 3.05) is 10.0 Å². The van der Waals surface area contributed by atoms with E-state index in [1.54, 1.807) is 48.5 Å². The SMILES string of the molecule is N#Cc1cccc(C(=O)Nc2cccc(S(=O)(=O)Nc3ccccc3Cl)c2)c1. The highest BCUT2D eigenvalue weighted by molar-refractivity contribution is 7.92. The van der Waals surface area contributed by atoms with E-state index in [0.717, 1.165) is 0 Å². The number of nitriles is 1. The van der Waals surface area contributed by atoms with E-state index in [1.165, 1.54) is 24.3 Å². The van der Waals surface area contributed by atoms with Gasteiger partial charge in [-0.3, -0.25) is 9.52 Å². The highest BCUT2D eigenvalue weighted by Gasteiger charge is 2.17. The largest absolute Gasteiger partial charge is 0.322 e. The zero-order chi connectivity index (χ0) is 20.1. The molecule has 3 aromatic carbocycles. The van der Waals surface area contributed by atoms with Gasteiger partial charge < -0.3 is 5.32 Å². The molecular weight excluding hydrogens is 398 g/mol. The molecule has 0 aromatic heterocycles. The summed E-state index contributed by atoms with van der Waals surface area (Å²) < 4.78 is 27.7. The molecule has 28 heavy (non-hydrogen) atoms. The van der Waals surface area contributed by atoms with Gasteiger partial charge >= 0.3 is 0 Å². The minimum atomic E-state index is -3.90. The normalized spacial score (nSPS) is 10.7. The van der Waals surface area contributed by atoms with Crippen LogP contribution in [0, 0.1) is 11.3 Å². The minimum absolute atomic E-state index is 0.0315. The van der Waals surface area contributed by atoms with E-state index in [-0.39, 0.29) is 15.6 Å². The summed E-state index contributed by atoms with van der Waals surface area (Å²) in [5.74, 6) is -0.453. The molecule has 0 heterocycles. The van der Waals surface area contributed by atoms with E-state index in [0.29, 0.717) is 16.8 Å². The number of para-hydroxylation sites is 1. The zero-order valence-electron chi connectivity index (χ0n) is 14.4. The van der Waals surface area contributed by atoms with Crippen molar-refractivity contribution in [2.24, 2.45) is 0 Å². The molecule has 0 radical (unpaired) electrons. The number of benzene rings is 3. The third-order valence-electron chi connectivity index (χ3n) is 3.77. The summed E-state index contributed by atoms with van der Waals surface area (Å²) in [4.78, 5) is 12.3. The van der Waals surface area contributed by atoms with Gasteiger partial charge in [0.15, 0.2) is 0 Å². The number of carbonyl (C=O) groups excluding carboxylic acids is 1. The number of hydrogen-bond acceptors (Lipinski definition) is 4. The van der Waals surface area contributed by atoms with E-state index in [1.807, 2.05) is 6.07 Å². The van der Waals surface area contributed by atoms with Gasteiger partial charge in [-0.1, -0.05) is 35.9 Å². The molecule has 0 atom stereocenters. The van der Waals surface area contributed by atoms with Gasteiger partial charge in [0.2, 0.25) is 0 Å². The van der Waals surface area contributed by atoms with Crippen molar-refractivity contribution in [1.82, 2.24) is 0 Å². The molecule has 1 amide bonds. The number of hydrogen-bond donors (Lipinski definition) is 2. The fourth-order valence-corrected chi connectivity index (χ4v) is 3.79. The standard InChI is InChI=1S/C20H14ClN3O3S/c21-18-9-1-2-10-19(18)24-28(26,27)17-8-4-7-16(12-17)23-20(25)15-6-3-5-14(11-15)13-22/h1-12,24H,(H,23,25). The molecule has 0 fully saturated rings. The molecule has 0 bridgehead atoms. The highest BCUT2D eigenvalue weighted by Crippen LogP contribution is 2.25. The predicted octanol–water partition coefficient (Wildman–Crippen LogP) is 4.26. The number of carbonyl (C=O) groups is 1. The summed E-state index contributed by atoms with van der Waals surface area (Å²) in [5.41, 5.74) is 1.20. The Bertz CT molecular complexity index is 1190. The molecule has 0 aliphatic carbocycles. The van der Waals surface area contributed by atoms with Crippen LogP contribution in [0.25, 0.3) is 0 Å². The molecule has 0 saturated heterocycles. The summed E-state index contributed by atoms with van der Waals surface area (Å²) in [6.45, 7) is 0. The van der Waals surface area contributed by atoms with Crippen LogP contribution in [0.5, 0.6) is 0 Å². The lowest BCUT2D eigenvalue weighted by atomic mass is 10.1. The van der Waals surface area contributed by atoms with Crippen LogP contribution in [-0.2, 0) is 10.0 Å². The van der Waals surface area contributed by atoms with E-state index in [2.05, 4.69) is 10.0 Å². The molecule has 3 aromatic rings. The first-order valence-electron chi connectivity index (χ1n) is 8.08. The summed E-state index contributed by atoms with van der Waals surface area (Å²) in [7, 11) is -3.90. The maximum absolute atomic E-state index is 12.6. The minimum Gasteiger partial charge on any atom is -0.322 e. The van der Waals surface area contributed by atoms with Crippen LogP contribution in [0.2, 0.25) is 5.02 Å². The van der Waals surface area contributed by atoms with Crippen LogP contribution in [0.15, 0.2) is 77.7 Å². The second kappa shape index (κ2) is 8.13. The Morgan fingerprint density at radius 2 is 1.71 bits per heavy atom. The van der Waals surface area contributed by atoms with E-state index in [4.69, 9.17) is 16.9 Å². The first-order chi connectivity index (χ1) is 13.4. The van der Waals surface area contributed by atoms with Crippen LogP contribution in [0.1, 0.15) is 15.9 Å². The summed E-state index contributed by atoms with van der Waals surface area (Å²) in [6, 6.07) is 20.5. The Hall–Kier alpha value is -3.34. The smallest absolute Gasteiger partial charge is 0.262 e. The van der Waals surface area contributed by atoms with Gasteiger partial charge in [0.1, 0.15) is 0 Å².